The van der Waals surface area contributed by atoms with E-state index in [2.05, 4.69) is 33.0 Å². The Kier molecular flexibility index (Phi) is 5.07. The van der Waals surface area contributed by atoms with E-state index in [1.54, 1.807) is 0 Å². The zero-order chi connectivity index (χ0) is 11.3. The Morgan fingerprint density at radius 1 is 1.33 bits per heavy atom. The smallest absolute Gasteiger partial charge is 0.0587 e. The molecule has 0 radical (unpaired) electrons. The maximum Gasteiger partial charge on any atom is 0.0587 e. The van der Waals surface area contributed by atoms with Gasteiger partial charge >= 0.3 is 0 Å². The van der Waals surface area contributed by atoms with Crippen LogP contribution in [0.5, 0.6) is 0 Å². The molecule has 0 aromatic carbocycles. The molecule has 1 fully saturated rings. The third-order valence-electron chi connectivity index (χ3n) is 3.65. The summed E-state index contributed by atoms with van der Waals surface area (Å²) >= 11 is 0. The van der Waals surface area contributed by atoms with E-state index in [4.69, 9.17) is 4.74 Å². The monoisotopic (exact) mass is 213 g/mol. The molecule has 0 amide bonds. The molecule has 1 saturated heterocycles. The van der Waals surface area contributed by atoms with Crippen molar-refractivity contribution in [1.29, 1.82) is 0 Å². The lowest BCUT2D eigenvalue weighted by Gasteiger charge is -2.32. The Hall–Kier alpha value is -0.0800. The molecule has 90 valence electrons. The van der Waals surface area contributed by atoms with Gasteiger partial charge in [0.25, 0.3) is 0 Å². The minimum Gasteiger partial charge on any atom is -0.378 e. The first kappa shape index (κ1) is 13.0. The summed E-state index contributed by atoms with van der Waals surface area (Å²) in [6.07, 6.45) is 5.24. The number of nitrogens with one attached hydrogen (secondary N) is 1. The molecule has 1 heterocycles. The lowest BCUT2D eigenvalue weighted by molar-refractivity contribution is -0.00150. The molecule has 2 heteroatoms. The largest absolute Gasteiger partial charge is 0.378 e. The first-order valence-corrected chi connectivity index (χ1v) is 6.42. The Morgan fingerprint density at radius 3 is 2.67 bits per heavy atom. The van der Waals surface area contributed by atoms with Gasteiger partial charge in [-0.15, -0.1) is 0 Å². The molecule has 1 aliphatic heterocycles. The Labute approximate surface area is 94.8 Å². The first-order valence-electron chi connectivity index (χ1n) is 6.42. The van der Waals surface area contributed by atoms with Crippen molar-refractivity contribution >= 4 is 0 Å². The molecule has 0 saturated carbocycles. The van der Waals surface area contributed by atoms with Crippen LogP contribution < -0.4 is 5.32 Å². The van der Waals surface area contributed by atoms with Crippen LogP contribution in [0.1, 0.15) is 53.4 Å². The number of hydrogen-bond donors (Lipinski definition) is 1. The first-order chi connectivity index (χ1) is 7.07. The highest BCUT2D eigenvalue weighted by Crippen LogP contribution is 2.21. The lowest BCUT2D eigenvalue weighted by atomic mass is 9.89. The topological polar surface area (TPSA) is 21.3 Å². The fraction of sp³-hybridized carbons (Fsp3) is 1.00. The highest BCUT2D eigenvalue weighted by Gasteiger charge is 2.23. The summed E-state index contributed by atoms with van der Waals surface area (Å²) in [6, 6.07) is 0.675. The Bertz CT molecular complexity index is 179. The van der Waals surface area contributed by atoms with Gasteiger partial charge in [-0.25, -0.2) is 0 Å². The maximum atomic E-state index is 5.68. The van der Waals surface area contributed by atoms with Crippen molar-refractivity contribution in [3.8, 4) is 0 Å². The zero-order valence-electron chi connectivity index (χ0n) is 10.8. The van der Waals surface area contributed by atoms with Gasteiger partial charge < -0.3 is 10.1 Å². The van der Waals surface area contributed by atoms with Crippen LogP contribution in [0.25, 0.3) is 0 Å². The molecule has 0 bridgehead atoms. The molecule has 2 nitrogen and oxygen atoms in total. The van der Waals surface area contributed by atoms with Crippen LogP contribution in [-0.2, 0) is 4.74 Å². The highest BCUT2D eigenvalue weighted by atomic mass is 16.5. The van der Waals surface area contributed by atoms with Gasteiger partial charge in [0.1, 0.15) is 0 Å². The van der Waals surface area contributed by atoms with E-state index in [0.717, 1.165) is 19.6 Å². The summed E-state index contributed by atoms with van der Waals surface area (Å²) in [7, 11) is 0. The van der Waals surface area contributed by atoms with Gasteiger partial charge in [-0.05, 0) is 31.1 Å². The minimum absolute atomic E-state index is 0.431. The fourth-order valence-corrected chi connectivity index (χ4v) is 1.90. The van der Waals surface area contributed by atoms with Gasteiger partial charge in [-0.1, -0.05) is 27.7 Å². The van der Waals surface area contributed by atoms with E-state index in [1.165, 1.54) is 19.3 Å². The van der Waals surface area contributed by atoms with Gasteiger partial charge in [0.15, 0.2) is 0 Å². The van der Waals surface area contributed by atoms with Crippen LogP contribution >= 0.6 is 0 Å². The average molecular weight is 213 g/mol. The number of hydrogen-bond acceptors (Lipinski definition) is 2. The summed E-state index contributed by atoms with van der Waals surface area (Å²) in [4.78, 5) is 0. The van der Waals surface area contributed by atoms with E-state index in [-0.39, 0.29) is 0 Å². The average Bonchev–Trinajstić information content (AvgIpc) is 2.27. The third kappa shape index (κ3) is 4.52. The SMILES string of the molecule is CCC1CC(NCC(C)(C)CC)CCO1. The highest BCUT2D eigenvalue weighted by molar-refractivity contribution is 4.79. The van der Waals surface area contributed by atoms with E-state index in [0.29, 0.717) is 17.6 Å². The van der Waals surface area contributed by atoms with Gasteiger partial charge in [0, 0.05) is 19.2 Å². The number of rotatable bonds is 5. The van der Waals surface area contributed by atoms with E-state index in [1.807, 2.05) is 0 Å². The third-order valence-corrected chi connectivity index (χ3v) is 3.65. The molecule has 0 aromatic heterocycles. The van der Waals surface area contributed by atoms with Crippen LogP contribution in [0.15, 0.2) is 0 Å². The summed E-state index contributed by atoms with van der Waals surface area (Å²) in [6.45, 7) is 11.2. The van der Waals surface area contributed by atoms with E-state index < -0.39 is 0 Å². The molecule has 1 aliphatic rings. The van der Waals surface area contributed by atoms with Crippen molar-refractivity contribution in [2.45, 2.75) is 65.5 Å². The Morgan fingerprint density at radius 2 is 2.07 bits per heavy atom. The summed E-state index contributed by atoms with van der Waals surface area (Å²) in [5.41, 5.74) is 0.431. The minimum atomic E-state index is 0.431. The van der Waals surface area contributed by atoms with Crippen LogP contribution in [0.3, 0.4) is 0 Å². The second-order valence-corrected chi connectivity index (χ2v) is 5.52. The zero-order valence-corrected chi connectivity index (χ0v) is 10.8. The second-order valence-electron chi connectivity index (χ2n) is 5.52. The van der Waals surface area contributed by atoms with Gasteiger partial charge in [0.2, 0.25) is 0 Å². The maximum absolute atomic E-state index is 5.68. The lowest BCUT2D eigenvalue weighted by Crippen LogP contribution is -2.42. The van der Waals surface area contributed by atoms with E-state index >= 15 is 0 Å². The molecule has 15 heavy (non-hydrogen) atoms. The molecule has 0 aromatic rings. The predicted octanol–water partition coefficient (Wildman–Crippen LogP) is 2.97. The molecule has 1 N–H and O–H groups in total. The van der Waals surface area contributed by atoms with Crippen molar-refractivity contribution in [2.75, 3.05) is 13.2 Å². The molecule has 1 rings (SSSR count). The molecule has 2 unspecified atom stereocenters. The van der Waals surface area contributed by atoms with Crippen LogP contribution in [0.2, 0.25) is 0 Å². The Balaban J connectivity index is 2.26. The van der Waals surface area contributed by atoms with Crippen molar-refractivity contribution in [2.24, 2.45) is 5.41 Å². The second kappa shape index (κ2) is 5.86. The van der Waals surface area contributed by atoms with Crippen molar-refractivity contribution in [1.82, 2.24) is 5.32 Å². The predicted molar refractivity (Wildman–Crippen MR) is 65.1 cm³/mol. The van der Waals surface area contributed by atoms with Gasteiger partial charge in [-0.2, -0.15) is 0 Å². The van der Waals surface area contributed by atoms with Gasteiger partial charge in [0.05, 0.1) is 6.10 Å². The fourth-order valence-electron chi connectivity index (χ4n) is 1.90. The normalized spacial score (nSPS) is 28.0. The molecule has 0 spiro atoms. The molecular weight excluding hydrogens is 186 g/mol. The standard InChI is InChI=1S/C13H27NO/c1-5-12-9-11(7-8-15-12)14-10-13(3,4)6-2/h11-12,14H,5-10H2,1-4H3. The molecular formula is C13H27NO. The summed E-state index contributed by atoms with van der Waals surface area (Å²) in [5.74, 6) is 0. The molecule has 0 aliphatic carbocycles. The van der Waals surface area contributed by atoms with Gasteiger partial charge in [-0.3, -0.25) is 0 Å². The van der Waals surface area contributed by atoms with Crippen molar-refractivity contribution in [3.05, 3.63) is 0 Å². The number of ether oxygens (including phenoxy) is 1. The quantitative estimate of drug-likeness (QED) is 0.758. The van der Waals surface area contributed by atoms with Crippen LogP contribution in [0.4, 0.5) is 0 Å². The molecule has 2 atom stereocenters. The summed E-state index contributed by atoms with van der Waals surface area (Å²) in [5, 5.41) is 3.70. The summed E-state index contributed by atoms with van der Waals surface area (Å²) < 4.78 is 5.68. The van der Waals surface area contributed by atoms with Crippen LogP contribution in [0, 0.1) is 5.41 Å². The van der Waals surface area contributed by atoms with E-state index in [9.17, 15) is 0 Å². The van der Waals surface area contributed by atoms with Crippen LogP contribution in [-0.4, -0.2) is 25.3 Å². The van der Waals surface area contributed by atoms with Crippen molar-refractivity contribution in [3.63, 3.8) is 0 Å². The van der Waals surface area contributed by atoms with Crippen molar-refractivity contribution < 1.29 is 4.74 Å².